The first-order chi connectivity index (χ1) is 16.9. The maximum atomic E-state index is 12.4. The van der Waals surface area contributed by atoms with E-state index in [1.807, 2.05) is 24.3 Å². The SMILES string of the molecule is COc1ccc(/C=C\C(=O)Nc2cc(/C=C\c3cc(OC)c(OC)c(OC)c3)ccc2O)cc1N. The molecular weight excluding hydrogens is 448 g/mol. The molecule has 3 aromatic rings. The van der Waals surface area contributed by atoms with Crippen molar-refractivity contribution in [1.82, 2.24) is 0 Å². The van der Waals surface area contributed by atoms with Crippen molar-refractivity contribution < 1.29 is 28.8 Å². The molecule has 3 rings (SSSR count). The summed E-state index contributed by atoms with van der Waals surface area (Å²) in [4.78, 5) is 12.4. The van der Waals surface area contributed by atoms with Gasteiger partial charge in [-0.1, -0.05) is 24.3 Å². The summed E-state index contributed by atoms with van der Waals surface area (Å²) in [6.45, 7) is 0. The summed E-state index contributed by atoms with van der Waals surface area (Å²) in [7, 11) is 6.19. The van der Waals surface area contributed by atoms with Crippen molar-refractivity contribution in [3.8, 4) is 28.7 Å². The van der Waals surface area contributed by atoms with Crippen molar-refractivity contribution in [3.05, 3.63) is 71.3 Å². The zero-order valence-electron chi connectivity index (χ0n) is 20.0. The summed E-state index contributed by atoms with van der Waals surface area (Å²) >= 11 is 0. The number of anilines is 2. The van der Waals surface area contributed by atoms with Gasteiger partial charge in [-0.25, -0.2) is 0 Å². The molecule has 0 heterocycles. The molecule has 35 heavy (non-hydrogen) atoms. The molecule has 182 valence electrons. The largest absolute Gasteiger partial charge is 0.506 e. The highest BCUT2D eigenvalue weighted by Gasteiger charge is 2.12. The zero-order chi connectivity index (χ0) is 25.4. The topological polar surface area (TPSA) is 112 Å². The number of aromatic hydroxyl groups is 1. The molecule has 0 fully saturated rings. The molecule has 0 bridgehead atoms. The molecular formula is C27H28N2O6. The van der Waals surface area contributed by atoms with Crippen LogP contribution < -0.4 is 30.0 Å². The van der Waals surface area contributed by atoms with Gasteiger partial charge in [-0.05, 0) is 59.2 Å². The monoisotopic (exact) mass is 476 g/mol. The second kappa shape index (κ2) is 11.5. The van der Waals surface area contributed by atoms with Crippen molar-refractivity contribution in [2.75, 3.05) is 39.5 Å². The summed E-state index contributed by atoms with van der Waals surface area (Å²) in [5, 5.41) is 12.9. The Labute approximate surface area is 204 Å². The number of ether oxygens (including phenoxy) is 4. The molecule has 8 heteroatoms. The van der Waals surface area contributed by atoms with Crippen LogP contribution in [-0.4, -0.2) is 39.5 Å². The third-order valence-corrected chi connectivity index (χ3v) is 5.11. The Morgan fingerprint density at radius 3 is 1.97 bits per heavy atom. The van der Waals surface area contributed by atoms with E-state index in [0.717, 1.165) is 16.7 Å². The van der Waals surface area contributed by atoms with Crippen LogP contribution in [0.1, 0.15) is 16.7 Å². The van der Waals surface area contributed by atoms with Crippen LogP contribution in [0.15, 0.2) is 54.6 Å². The number of carbonyl (C=O) groups excluding carboxylic acids is 1. The number of phenols is 1. The molecule has 0 saturated heterocycles. The Bertz CT molecular complexity index is 1240. The smallest absolute Gasteiger partial charge is 0.248 e. The normalized spacial score (nSPS) is 11.0. The lowest BCUT2D eigenvalue weighted by atomic mass is 10.1. The van der Waals surface area contributed by atoms with Gasteiger partial charge in [-0.15, -0.1) is 0 Å². The fourth-order valence-corrected chi connectivity index (χ4v) is 3.35. The molecule has 0 aliphatic carbocycles. The first kappa shape index (κ1) is 25.0. The highest BCUT2D eigenvalue weighted by atomic mass is 16.5. The van der Waals surface area contributed by atoms with Crippen LogP contribution in [0.3, 0.4) is 0 Å². The van der Waals surface area contributed by atoms with Gasteiger partial charge in [0, 0.05) is 6.08 Å². The number of phenolic OH excluding ortho intramolecular Hbond substituents is 1. The second-order valence-electron chi connectivity index (χ2n) is 7.39. The van der Waals surface area contributed by atoms with Gasteiger partial charge in [0.25, 0.3) is 0 Å². The van der Waals surface area contributed by atoms with Gasteiger partial charge in [0.15, 0.2) is 11.5 Å². The molecule has 0 spiro atoms. The summed E-state index contributed by atoms with van der Waals surface area (Å²) in [5.41, 5.74) is 8.97. The first-order valence-corrected chi connectivity index (χ1v) is 10.6. The standard InChI is InChI=1S/C27H28N2O6/c1-32-23-11-8-17(13-20(23)28)9-12-26(31)29-21-14-18(7-10-22(21)30)5-6-19-15-24(33-2)27(35-4)25(16-19)34-3/h5-16,30H,28H2,1-4H3,(H,29,31)/b6-5-,12-9-. The second-order valence-corrected chi connectivity index (χ2v) is 7.39. The van der Waals surface area contributed by atoms with E-state index in [4.69, 9.17) is 24.7 Å². The lowest BCUT2D eigenvalue weighted by molar-refractivity contribution is -0.111. The number of methoxy groups -OCH3 is 4. The Hall–Kier alpha value is -4.59. The number of benzene rings is 3. The number of hydrogen-bond donors (Lipinski definition) is 3. The minimum absolute atomic E-state index is 0.0506. The number of nitrogens with one attached hydrogen (secondary N) is 1. The summed E-state index contributed by atoms with van der Waals surface area (Å²) in [5.74, 6) is 1.69. The van der Waals surface area contributed by atoms with E-state index in [1.54, 1.807) is 57.7 Å². The third-order valence-electron chi connectivity index (χ3n) is 5.11. The van der Waals surface area contributed by atoms with E-state index in [2.05, 4.69) is 5.32 Å². The number of hydrogen-bond acceptors (Lipinski definition) is 7. The minimum atomic E-state index is -0.402. The molecule has 0 radical (unpaired) electrons. The van der Waals surface area contributed by atoms with Crippen LogP contribution in [0.25, 0.3) is 18.2 Å². The minimum Gasteiger partial charge on any atom is -0.506 e. The van der Waals surface area contributed by atoms with E-state index in [0.29, 0.717) is 28.7 Å². The lowest BCUT2D eigenvalue weighted by Crippen LogP contribution is -2.08. The average molecular weight is 477 g/mol. The number of amides is 1. The first-order valence-electron chi connectivity index (χ1n) is 10.6. The number of nitrogen functional groups attached to an aromatic ring is 1. The Kier molecular flexibility index (Phi) is 8.24. The Balaban J connectivity index is 1.76. The molecule has 4 N–H and O–H groups in total. The Morgan fingerprint density at radius 1 is 0.771 bits per heavy atom. The third kappa shape index (κ3) is 6.26. The van der Waals surface area contributed by atoms with Crippen LogP contribution in [-0.2, 0) is 4.79 Å². The maximum Gasteiger partial charge on any atom is 0.248 e. The van der Waals surface area contributed by atoms with E-state index in [-0.39, 0.29) is 11.4 Å². The average Bonchev–Trinajstić information content (AvgIpc) is 2.87. The van der Waals surface area contributed by atoms with E-state index in [1.165, 1.54) is 19.3 Å². The van der Waals surface area contributed by atoms with Crippen molar-refractivity contribution in [3.63, 3.8) is 0 Å². The summed E-state index contributed by atoms with van der Waals surface area (Å²) in [6, 6.07) is 13.8. The van der Waals surface area contributed by atoms with Crippen LogP contribution >= 0.6 is 0 Å². The van der Waals surface area contributed by atoms with Gasteiger partial charge >= 0.3 is 0 Å². The predicted molar refractivity (Wildman–Crippen MR) is 138 cm³/mol. The maximum absolute atomic E-state index is 12.4. The fourth-order valence-electron chi connectivity index (χ4n) is 3.35. The van der Waals surface area contributed by atoms with Crippen LogP contribution in [0, 0.1) is 0 Å². The van der Waals surface area contributed by atoms with Crippen LogP contribution in [0.4, 0.5) is 11.4 Å². The van der Waals surface area contributed by atoms with Gasteiger partial charge in [-0.2, -0.15) is 0 Å². The summed E-state index contributed by atoms with van der Waals surface area (Å²) < 4.78 is 21.2. The van der Waals surface area contributed by atoms with Gasteiger partial charge in [-0.3, -0.25) is 4.79 Å². The van der Waals surface area contributed by atoms with Gasteiger partial charge in [0.1, 0.15) is 11.5 Å². The zero-order valence-corrected chi connectivity index (χ0v) is 20.0. The van der Waals surface area contributed by atoms with Gasteiger partial charge in [0.05, 0.1) is 39.8 Å². The van der Waals surface area contributed by atoms with Crippen LogP contribution in [0.2, 0.25) is 0 Å². The number of nitrogens with two attached hydrogens (primary N) is 1. The van der Waals surface area contributed by atoms with Crippen molar-refractivity contribution >= 4 is 35.5 Å². The number of rotatable bonds is 9. The van der Waals surface area contributed by atoms with Crippen molar-refractivity contribution in [1.29, 1.82) is 0 Å². The number of carbonyl (C=O) groups is 1. The quantitative estimate of drug-likeness (QED) is 0.175. The van der Waals surface area contributed by atoms with Gasteiger partial charge < -0.3 is 35.1 Å². The fraction of sp³-hybridized carbons (Fsp3) is 0.148. The van der Waals surface area contributed by atoms with E-state index >= 15 is 0 Å². The molecule has 0 atom stereocenters. The molecule has 0 aliphatic rings. The highest BCUT2D eigenvalue weighted by Crippen LogP contribution is 2.38. The van der Waals surface area contributed by atoms with E-state index < -0.39 is 5.91 Å². The molecule has 1 amide bonds. The molecule has 0 saturated carbocycles. The summed E-state index contributed by atoms with van der Waals surface area (Å²) in [6.07, 6.45) is 6.68. The lowest BCUT2D eigenvalue weighted by Gasteiger charge is -2.12. The highest BCUT2D eigenvalue weighted by molar-refractivity contribution is 6.03. The van der Waals surface area contributed by atoms with E-state index in [9.17, 15) is 9.90 Å². The molecule has 8 nitrogen and oxygen atoms in total. The van der Waals surface area contributed by atoms with Crippen molar-refractivity contribution in [2.45, 2.75) is 0 Å². The molecule has 0 aliphatic heterocycles. The predicted octanol–water partition coefficient (Wildman–Crippen LogP) is 4.83. The molecule has 0 unspecified atom stereocenters. The molecule has 0 aromatic heterocycles. The van der Waals surface area contributed by atoms with Gasteiger partial charge in [0.2, 0.25) is 11.7 Å². The molecule has 3 aromatic carbocycles. The van der Waals surface area contributed by atoms with Crippen LogP contribution in [0.5, 0.6) is 28.7 Å². The Morgan fingerprint density at radius 2 is 1.37 bits per heavy atom. The van der Waals surface area contributed by atoms with Crippen molar-refractivity contribution in [2.24, 2.45) is 0 Å².